The zero-order chi connectivity index (χ0) is 32.6. The molecule has 3 aromatic rings. The molecule has 0 aliphatic carbocycles. The first-order chi connectivity index (χ1) is 20.6. The standard InChI is InChI=1S/C30H27Cl2N3O9/c1-30(2,3)29(42)33-21-14-8-16(9-15-21)24(36)34-35-25(37)22(43-27(40)17-4-10-19(31)11-5-17)23(26(38)39)44-28(41)18-6-12-20(32)13-7-18/h4-15,22-23H,1-3H3,(H,33,42)(H,34,36)(H,35,37)(H,38,39)/t22-,23+/m1/s1. The molecule has 0 saturated heterocycles. The molecule has 0 fully saturated rings. The molecule has 3 rings (SSSR count). The molecular weight excluding hydrogens is 617 g/mol. The summed E-state index contributed by atoms with van der Waals surface area (Å²) in [6.07, 6.45) is -4.60. The number of anilines is 1. The SMILES string of the molecule is CC(C)(C)C(=O)Nc1ccc(C(=O)NNC(=O)[C@H](OC(=O)c2ccc(Cl)cc2)[C@H](OC(=O)c2ccc(Cl)cc2)C(=O)O)cc1. The molecule has 0 saturated carbocycles. The van der Waals surface area contributed by atoms with Gasteiger partial charge in [0.1, 0.15) is 0 Å². The zero-order valence-corrected chi connectivity index (χ0v) is 25.1. The van der Waals surface area contributed by atoms with Gasteiger partial charge < -0.3 is 19.9 Å². The molecule has 2 atom stereocenters. The molecule has 0 heterocycles. The normalized spacial score (nSPS) is 12.2. The van der Waals surface area contributed by atoms with E-state index in [1.165, 1.54) is 72.8 Å². The van der Waals surface area contributed by atoms with E-state index in [0.29, 0.717) is 15.7 Å². The predicted molar refractivity (Wildman–Crippen MR) is 159 cm³/mol. The molecule has 14 heteroatoms. The number of aliphatic carboxylic acids is 1. The van der Waals surface area contributed by atoms with Crippen LogP contribution in [0.5, 0.6) is 0 Å². The fourth-order valence-corrected chi connectivity index (χ4v) is 3.57. The molecule has 0 aliphatic heterocycles. The van der Waals surface area contributed by atoms with Crippen molar-refractivity contribution in [3.8, 4) is 0 Å². The van der Waals surface area contributed by atoms with Crippen LogP contribution in [0.15, 0.2) is 72.8 Å². The Labute approximate surface area is 261 Å². The minimum atomic E-state index is -2.34. The molecule has 44 heavy (non-hydrogen) atoms. The Hall–Kier alpha value is -4.94. The van der Waals surface area contributed by atoms with Gasteiger partial charge >= 0.3 is 17.9 Å². The van der Waals surface area contributed by atoms with Gasteiger partial charge in [0.15, 0.2) is 0 Å². The Morgan fingerprint density at radius 3 is 1.52 bits per heavy atom. The second-order valence-corrected chi connectivity index (χ2v) is 11.1. The average Bonchev–Trinajstić information content (AvgIpc) is 2.97. The maximum atomic E-state index is 13.1. The number of benzene rings is 3. The fourth-order valence-electron chi connectivity index (χ4n) is 3.32. The van der Waals surface area contributed by atoms with Crippen LogP contribution in [0, 0.1) is 5.41 Å². The number of carboxylic acids is 1. The third kappa shape index (κ3) is 9.28. The lowest BCUT2D eigenvalue weighted by molar-refractivity contribution is -0.159. The van der Waals surface area contributed by atoms with E-state index in [1.807, 2.05) is 5.43 Å². The smallest absolute Gasteiger partial charge is 0.349 e. The van der Waals surface area contributed by atoms with Crippen molar-refractivity contribution in [2.24, 2.45) is 5.41 Å². The number of rotatable bonds is 9. The Balaban J connectivity index is 1.79. The molecule has 0 aliphatic rings. The van der Waals surface area contributed by atoms with Crippen molar-refractivity contribution in [1.82, 2.24) is 10.9 Å². The molecule has 12 nitrogen and oxygen atoms in total. The van der Waals surface area contributed by atoms with Gasteiger partial charge in [-0.1, -0.05) is 44.0 Å². The van der Waals surface area contributed by atoms with Gasteiger partial charge in [0.25, 0.3) is 11.8 Å². The van der Waals surface area contributed by atoms with E-state index in [4.69, 9.17) is 32.7 Å². The number of halogens is 2. The van der Waals surface area contributed by atoms with Crippen LogP contribution in [0.1, 0.15) is 51.8 Å². The van der Waals surface area contributed by atoms with Crippen molar-refractivity contribution in [3.05, 3.63) is 99.5 Å². The van der Waals surface area contributed by atoms with Crippen LogP contribution in [0.25, 0.3) is 0 Å². The van der Waals surface area contributed by atoms with Crippen LogP contribution in [0.3, 0.4) is 0 Å². The quantitative estimate of drug-likeness (QED) is 0.196. The van der Waals surface area contributed by atoms with Crippen molar-refractivity contribution >= 4 is 64.5 Å². The highest BCUT2D eigenvalue weighted by molar-refractivity contribution is 6.31. The highest BCUT2D eigenvalue weighted by Crippen LogP contribution is 2.19. The lowest BCUT2D eigenvalue weighted by Gasteiger charge is -2.23. The largest absolute Gasteiger partial charge is 0.478 e. The highest BCUT2D eigenvalue weighted by Gasteiger charge is 2.41. The maximum absolute atomic E-state index is 13.1. The monoisotopic (exact) mass is 643 g/mol. The molecule has 0 bridgehead atoms. The minimum Gasteiger partial charge on any atom is -0.478 e. The first-order valence-electron chi connectivity index (χ1n) is 12.8. The van der Waals surface area contributed by atoms with Gasteiger partial charge in [-0.05, 0) is 72.8 Å². The Kier molecular flexibility index (Phi) is 11.1. The van der Waals surface area contributed by atoms with Gasteiger partial charge in [-0.2, -0.15) is 0 Å². The second kappa shape index (κ2) is 14.5. The van der Waals surface area contributed by atoms with Gasteiger partial charge in [-0.25, -0.2) is 14.4 Å². The van der Waals surface area contributed by atoms with Crippen molar-refractivity contribution < 1.29 is 43.3 Å². The van der Waals surface area contributed by atoms with Gasteiger partial charge in [0.2, 0.25) is 18.1 Å². The summed E-state index contributed by atoms with van der Waals surface area (Å²) in [5.74, 6) is -6.53. The number of hydrazine groups is 1. The van der Waals surface area contributed by atoms with Crippen LogP contribution < -0.4 is 16.2 Å². The van der Waals surface area contributed by atoms with Gasteiger partial charge in [0.05, 0.1) is 11.1 Å². The van der Waals surface area contributed by atoms with Crippen molar-refractivity contribution in [3.63, 3.8) is 0 Å². The predicted octanol–water partition coefficient (Wildman–Crippen LogP) is 4.27. The van der Waals surface area contributed by atoms with Crippen LogP contribution >= 0.6 is 23.2 Å². The van der Waals surface area contributed by atoms with E-state index < -0.39 is 47.3 Å². The van der Waals surface area contributed by atoms with E-state index in [1.54, 1.807) is 20.8 Å². The number of carbonyl (C=O) groups is 6. The van der Waals surface area contributed by atoms with Crippen LogP contribution in [-0.4, -0.2) is 52.9 Å². The van der Waals surface area contributed by atoms with Gasteiger partial charge in [-0.15, -0.1) is 0 Å². The molecule has 0 unspecified atom stereocenters. The van der Waals surface area contributed by atoms with E-state index in [0.717, 1.165) is 0 Å². The third-order valence-corrected chi connectivity index (χ3v) is 6.29. The topological polar surface area (TPSA) is 177 Å². The van der Waals surface area contributed by atoms with E-state index in [2.05, 4.69) is 10.7 Å². The molecule has 0 radical (unpaired) electrons. The van der Waals surface area contributed by atoms with Gasteiger partial charge in [0, 0.05) is 26.7 Å². The molecule has 0 spiro atoms. The summed E-state index contributed by atoms with van der Waals surface area (Å²) in [5, 5.41) is 13.1. The van der Waals surface area contributed by atoms with E-state index in [-0.39, 0.29) is 22.6 Å². The van der Waals surface area contributed by atoms with Gasteiger partial charge in [-0.3, -0.25) is 25.2 Å². The van der Waals surface area contributed by atoms with E-state index in [9.17, 15) is 33.9 Å². The summed E-state index contributed by atoms with van der Waals surface area (Å²) in [6.45, 7) is 5.21. The number of nitrogens with one attached hydrogen (secondary N) is 3. The summed E-state index contributed by atoms with van der Waals surface area (Å²) >= 11 is 11.7. The molecular formula is C30H27Cl2N3O9. The molecule has 3 amide bonds. The van der Waals surface area contributed by atoms with Crippen molar-refractivity contribution in [2.75, 3.05) is 5.32 Å². The second-order valence-electron chi connectivity index (χ2n) is 10.2. The summed E-state index contributed by atoms with van der Waals surface area (Å²) in [5.41, 5.74) is 3.71. The number of amides is 3. The summed E-state index contributed by atoms with van der Waals surface area (Å²) < 4.78 is 10.2. The Bertz CT molecular complexity index is 1550. The average molecular weight is 644 g/mol. The van der Waals surface area contributed by atoms with E-state index >= 15 is 0 Å². The Morgan fingerprint density at radius 1 is 0.659 bits per heavy atom. The summed E-state index contributed by atoms with van der Waals surface area (Å²) in [7, 11) is 0. The first kappa shape index (κ1) is 33.6. The minimum absolute atomic E-state index is 0.0534. The Morgan fingerprint density at radius 2 is 1.09 bits per heavy atom. The fraction of sp³-hybridized carbons (Fsp3) is 0.200. The van der Waals surface area contributed by atoms with Crippen molar-refractivity contribution in [1.29, 1.82) is 0 Å². The maximum Gasteiger partial charge on any atom is 0.349 e. The lowest BCUT2D eigenvalue weighted by atomic mass is 9.95. The van der Waals surface area contributed by atoms with Crippen LogP contribution in [-0.2, 0) is 23.9 Å². The zero-order valence-electron chi connectivity index (χ0n) is 23.6. The number of ether oxygens (including phenoxy) is 2. The molecule has 4 N–H and O–H groups in total. The lowest BCUT2D eigenvalue weighted by Crippen LogP contribution is -2.54. The summed E-state index contributed by atoms with van der Waals surface area (Å²) in [4.78, 5) is 75.6. The molecule has 3 aromatic carbocycles. The number of hydrogen-bond donors (Lipinski definition) is 4. The van der Waals surface area contributed by atoms with Crippen LogP contribution in [0.4, 0.5) is 5.69 Å². The summed E-state index contributed by atoms with van der Waals surface area (Å²) in [6, 6.07) is 16.2. The third-order valence-electron chi connectivity index (χ3n) is 5.79. The molecule has 230 valence electrons. The van der Waals surface area contributed by atoms with Crippen LogP contribution in [0.2, 0.25) is 10.0 Å². The van der Waals surface area contributed by atoms with Crippen molar-refractivity contribution in [2.45, 2.75) is 33.0 Å². The number of carboxylic acid groups (broad SMARTS) is 1. The first-order valence-corrected chi connectivity index (χ1v) is 13.6. The number of hydrogen-bond acceptors (Lipinski definition) is 8. The highest BCUT2D eigenvalue weighted by atomic mass is 35.5. The molecule has 0 aromatic heterocycles. The number of carbonyl (C=O) groups excluding carboxylic acids is 5. The number of esters is 2.